The van der Waals surface area contributed by atoms with E-state index in [9.17, 15) is 14.4 Å². The van der Waals surface area contributed by atoms with Gasteiger partial charge in [-0.15, -0.1) is 11.8 Å². The van der Waals surface area contributed by atoms with Crippen molar-refractivity contribution in [1.82, 2.24) is 4.98 Å². The number of amides is 2. The maximum absolute atomic E-state index is 13.7. The van der Waals surface area contributed by atoms with Gasteiger partial charge in [0.25, 0.3) is 0 Å². The summed E-state index contributed by atoms with van der Waals surface area (Å²) in [5.74, 6) is -0.448. The summed E-state index contributed by atoms with van der Waals surface area (Å²) in [7, 11) is 0. The van der Waals surface area contributed by atoms with Gasteiger partial charge in [-0.25, -0.2) is 0 Å². The fraction of sp³-hybridized carbons (Fsp3) is 0.320. The van der Waals surface area contributed by atoms with E-state index in [0.717, 1.165) is 21.9 Å². The van der Waals surface area contributed by atoms with Crippen LogP contribution >= 0.6 is 46.3 Å². The van der Waals surface area contributed by atoms with Crippen LogP contribution in [0.2, 0.25) is 10.0 Å². The molecule has 3 aromatic rings. The molecule has 9 heteroatoms. The summed E-state index contributed by atoms with van der Waals surface area (Å²) in [6.45, 7) is 0. The molecule has 4 aliphatic rings. The molecule has 2 bridgehead atoms. The zero-order valence-electron chi connectivity index (χ0n) is 17.6. The van der Waals surface area contributed by atoms with Crippen molar-refractivity contribution in [2.75, 3.05) is 4.90 Å². The Balaban J connectivity index is 1.32. The average molecular weight is 529 g/mol. The van der Waals surface area contributed by atoms with Gasteiger partial charge in [0.2, 0.25) is 11.8 Å². The molecule has 34 heavy (non-hydrogen) atoms. The summed E-state index contributed by atoms with van der Waals surface area (Å²) in [4.78, 5) is 44.9. The van der Waals surface area contributed by atoms with Crippen LogP contribution in [0.3, 0.4) is 0 Å². The Hall–Kier alpha value is -2.06. The Bertz CT molecular complexity index is 1400. The fourth-order valence-corrected chi connectivity index (χ4v) is 10.0. The van der Waals surface area contributed by atoms with Crippen molar-refractivity contribution in [3.05, 3.63) is 78.7 Å². The van der Waals surface area contributed by atoms with E-state index in [1.165, 1.54) is 16.2 Å². The highest BCUT2D eigenvalue weighted by atomic mass is 35.5. The minimum absolute atomic E-state index is 0.00546. The number of imide groups is 1. The van der Waals surface area contributed by atoms with Crippen molar-refractivity contribution in [3.63, 3.8) is 0 Å². The highest BCUT2D eigenvalue weighted by Crippen LogP contribution is 2.68. The summed E-state index contributed by atoms with van der Waals surface area (Å²) >= 11 is 15.2. The number of fused-ring (bicyclic) bond motifs is 9. The Morgan fingerprint density at radius 1 is 0.853 bits per heavy atom. The number of H-pyrrole nitrogens is 1. The molecule has 2 aliphatic heterocycles. The second-order valence-electron chi connectivity index (χ2n) is 9.50. The first kappa shape index (κ1) is 21.2. The molecule has 2 amide bonds. The quantitative estimate of drug-likeness (QED) is 0.450. The van der Waals surface area contributed by atoms with Crippen LogP contribution in [-0.4, -0.2) is 22.0 Å². The highest BCUT2D eigenvalue weighted by Gasteiger charge is 2.69. The molecular weight excluding hydrogens is 511 g/mol. The van der Waals surface area contributed by atoms with E-state index in [-0.39, 0.29) is 57.4 Å². The number of aromatic amines is 1. The third-order valence-corrected chi connectivity index (χ3v) is 11.1. The van der Waals surface area contributed by atoms with Gasteiger partial charge >= 0.3 is 4.87 Å². The Morgan fingerprint density at radius 3 is 2.15 bits per heavy atom. The van der Waals surface area contributed by atoms with Gasteiger partial charge in [-0.3, -0.25) is 19.3 Å². The van der Waals surface area contributed by atoms with Gasteiger partial charge in [0.05, 0.1) is 22.5 Å². The van der Waals surface area contributed by atoms with Gasteiger partial charge in [0.1, 0.15) is 0 Å². The molecule has 1 N–H and O–H groups in total. The smallest absolute Gasteiger partial charge is 0.305 e. The van der Waals surface area contributed by atoms with Gasteiger partial charge in [-0.1, -0.05) is 46.7 Å². The molecule has 1 aromatic heterocycles. The number of anilines is 1. The van der Waals surface area contributed by atoms with Crippen LogP contribution < -0.4 is 9.77 Å². The zero-order chi connectivity index (χ0) is 23.3. The number of nitrogens with zero attached hydrogens (tertiary/aromatic N) is 1. The maximum atomic E-state index is 13.7. The summed E-state index contributed by atoms with van der Waals surface area (Å²) < 4.78 is 0. The first-order chi connectivity index (χ1) is 16.4. The Kier molecular flexibility index (Phi) is 4.67. The topological polar surface area (TPSA) is 70.2 Å². The lowest BCUT2D eigenvalue weighted by Crippen LogP contribution is -2.42. The average Bonchev–Trinajstić information content (AvgIpc) is 3.54. The van der Waals surface area contributed by atoms with Crippen LogP contribution in [0.1, 0.15) is 22.8 Å². The van der Waals surface area contributed by atoms with Crippen molar-refractivity contribution in [2.45, 2.75) is 22.6 Å². The van der Waals surface area contributed by atoms with Gasteiger partial charge in [-0.05, 0) is 66.1 Å². The zero-order valence-corrected chi connectivity index (χ0v) is 20.8. The first-order valence-electron chi connectivity index (χ1n) is 11.2. The minimum Gasteiger partial charge on any atom is -0.307 e. The lowest BCUT2D eigenvalue weighted by atomic mass is 9.68. The number of rotatable bonds is 2. The molecule has 7 atom stereocenters. The van der Waals surface area contributed by atoms with E-state index in [4.69, 9.17) is 23.2 Å². The molecule has 7 rings (SSSR count). The monoisotopic (exact) mass is 528 g/mol. The van der Waals surface area contributed by atoms with E-state index in [2.05, 4.69) is 4.98 Å². The van der Waals surface area contributed by atoms with Crippen molar-refractivity contribution < 1.29 is 9.59 Å². The molecule has 0 radical (unpaired) electrons. The van der Waals surface area contributed by atoms with Crippen molar-refractivity contribution in [2.24, 2.45) is 29.6 Å². The predicted octanol–water partition coefficient (Wildman–Crippen LogP) is 5.42. The van der Waals surface area contributed by atoms with Crippen molar-refractivity contribution in [1.29, 1.82) is 0 Å². The van der Waals surface area contributed by atoms with Gasteiger partial charge in [-0.2, -0.15) is 0 Å². The van der Waals surface area contributed by atoms with Crippen LogP contribution in [0.5, 0.6) is 0 Å². The number of thiazole rings is 1. The molecule has 172 valence electrons. The molecule has 3 fully saturated rings. The molecule has 0 unspecified atom stereocenters. The van der Waals surface area contributed by atoms with Crippen LogP contribution in [0.4, 0.5) is 5.69 Å². The molecule has 2 aromatic carbocycles. The van der Waals surface area contributed by atoms with Crippen LogP contribution in [0.15, 0.2) is 58.4 Å². The number of benzene rings is 2. The number of carbonyl (C=O) groups is 2. The molecule has 2 aliphatic carbocycles. The first-order valence-corrected chi connectivity index (χ1v) is 13.7. The molecular formula is C25H18Cl2N2O3S2. The highest BCUT2D eigenvalue weighted by molar-refractivity contribution is 8.00. The van der Waals surface area contributed by atoms with Gasteiger partial charge in [0.15, 0.2) is 0 Å². The number of thioether (sulfide) groups is 1. The number of hydrogen-bond acceptors (Lipinski definition) is 5. The van der Waals surface area contributed by atoms with Crippen molar-refractivity contribution >= 4 is 63.8 Å². The van der Waals surface area contributed by atoms with E-state index in [1.54, 1.807) is 36.0 Å². The Labute approximate surface area is 213 Å². The van der Waals surface area contributed by atoms with Crippen molar-refractivity contribution in [3.8, 4) is 0 Å². The Morgan fingerprint density at radius 2 is 1.47 bits per heavy atom. The SMILES string of the molecule is O=C1[C@@H]2[C@H]3C[C@@H]([C@H]4Sc5[nH]c(=O)sc5[C@@H](c5ccc(Cl)cc5)[C@@H]34)[C@H]2C(=O)N1c1ccc(Cl)cc1. The standard InChI is InChI=1S/C25H18Cl2N2O3S2/c26-11-3-1-10(2-4-11)16-17-14-9-15(20(17)33-22-21(16)34-25(32)28-22)19-18(14)23(30)29(24(19)31)13-7-5-12(27)6-8-13/h1-8,14-20H,9H2,(H,28,32)/t14-,15+,16-,17+,18+,19+,20+/m0/s1. The van der Waals surface area contributed by atoms with Crippen LogP contribution in [0, 0.1) is 29.6 Å². The number of halogens is 2. The van der Waals surface area contributed by atoms with E-state index in [1.807, 2.05) is 24.3 Å². The third kappa shape index (κ3) is 2.84. The summed E-state index contributed by atoms with van der Waals surface area (Å²) in [6, 6.07) is 14.7. The van der Waals surface area contributed by atoms with Crippen LogP contribution in [-0.2, 0) is 9.59 Å². The molecule has 0 spiro atoms. The second kappa shape index (κ2) is 7.47. The normalized spacial score (nSPS) is 33.2. The van der Waals surface area contributed by atoms with E-state index < -0.39 is 0 Å². The number of carbonyl (C=O) groups excluding carboxylic acids is 2. The van der Waals surface area contributed by atoms with Gasteiger partial charge < -0.3 is 4.98 Å². The van der Waals surface area contributed by atoms with E-state index in [0.29, 0.717) is 15.7 Å². The fourth-order valence-electron chi connectivity index (χ4n) is 6.90. The number of nitrogens with one attached hydrogen (secondary N) is 1. The van der Waals surface area contributed by atoms with Crippen LogP contribution in [0.25, 0.3) is 0 Å². The largest absolute Gasteiger partial charge is 0.307 e. The maximum Gasteiger partial charge on any atom is 0.305 e. The lowest BCUT2D eigenvalue weighted by Gasteiger charge is -2.43. The number of hydrogen-bond donors (Lipinski definition) is 1. The molecule has 3 heterocycles. The molecule has 2 saturated carbocycles. The number of aromatic nitrogens is 1. The lowest BCUT2D eigenvalue weighted by molar-refractivity contribution is -0.123. The van der Waals surface area contributed by atoms with E-state index >= 15 is 0 Å². The summed E-state index contributed by atoms with van der Waals surface area (Å²) in [5.41, 5.74) is 1.69. The predicted molar refractivity (Wildman–Crippen MR) is 134 cm³/mol. The summed E-state index contributed by atoms with van der Waals surface area (Å²) in [6.07, 6.45) is 0.868. The second-order valence-corrected chi connectivity index (χ2v) is 12.6. The van der Waals surface area contributed by atoms with Gasteiger partial charge in [0, 0.05) is 26.1 Å². The summed E-state index contributed by atoms with van der Waals surface area (Å²) in [5, 5.41) is 2.31. The molecule has 1 saturated heterocycles. The minimum atomic E-state index is -0.318. The molecule has 5 nitrogen and oxygen atoms in total. The third-order valence-electron chi connectivity index (χ3n) is 8.04.